The van der Waals surface area contributed by atoms with Crippen LogP contribution in [0, 0.1) is 17.4 Å². The van der Waals surface area contributed by atoms with Gasteiger partial charge < -0.3 is 0 Å². The lowest BCUT2D eigenvalue weighted by Gasteiger charge is -1.45. The molecule has 0 saturated carbocycles. The van der Waals surface area contributed by atoms with Crippen molar-refractivity contribution < 1.29 is 0 Å². The van der Waals surface area contributed by atoms with Gasteiger partial charge in [0.25, 0.3) is 0 Å². The Kier molecular flexibility index (Phi) is 2.73. The van der Waals surface area contributed by atoms with Crippen molar-refractivity contribution in [3.8, 4) is 6.07 Å². The summed E-state index contributed by atoms with van der Waals surface area (Å²) in [7, 11) is 0. The third kappa shape index (κ3) is 3.23. The minimum atomic E-state index is 1.57. The van der Waals surface area contributed by atoms with Gasteiger partial charge in [-0.05, 0) is 6.92 Å². The Morgan fingerprint density at radius 1 is 1.80 bits per heavy atom. The number of allylic oxidation sites excluding steroid dienone is 2. The lowest BCUT2D eigenvalue weighted by molar-refractivity contribution is 1.51. The molecule has 0 heterocycles. The molecule has 25 valence electrons. The minimum absolute atomic E-state index is 1.57. The average molecular weight is 66.1 g/mol. The first-order valence-electron chi connectivity index (χ1n) is 1.34. The first kappa shape index (κ1) is 4.23. The van der Waals surface area contributed by atoms with E-state index in [1.165, 1.54) is 0 Å². The summed E-state index contributed by atoms with van der Waals surface area (Å²) in [6.07, 6.45) is 3.86. The van der Waals surface area contributed by atoms with E-state index in [1.54, 1.807) is 19.1 Å². The van der Waals surface area contributed by atoms with Crippen LogP contribution in [0.1, 0.15) is 6.92 Å². The van der Waals surface area contributed by atoms with Gasteiger partial charge in [-0.2, -0.15) is 5.26 Å². The molecule has 1 heteroatoms. The molecule has 0 atom stereocenters. The third-order valence-corrected chi connectivity index (χ3v) is 0.209. The molecule has 0 aromatic rings. The predicted octanol–water partition coefficient (Wildman–Crippen LogP) is 0.889. The zero-order valence-corrected chi connectivity index (χ0v) is 3.02. The zero-order valence-electron chi connectivity index (χ0n) is 3.02. The topological polar surface area (TPSA) is 23.8 Å². The van der Waals surface area contributed by atoms with Crippen LogP contribution < -0.4 is 0 Å². The monoisotopic (exact) mass is 66.0 g/mol. The summed E-state index contributed by atoms with van der Waals surface area (Å²) in [5.74, 6) is 0. The van der Waals surface area contributed by atoms with Crippen molar-refractivity contribution in [2.75, 3.05) is 0 Å². The van der Waals surface area contributed by atoms with Crippen LogP contribution >= 0.6 is 0 Å². The quantitative estimate of drug-likeness (QED) is 0.385. The Morgan fingerprint density at radius 2 is 2.40 bits per heavy atom. The van der Waals surface area contributed by atoms with Crippen LogP contribution in [0.15, 0.2) is 6.08 Å². The molecule has 0 N–H and O–H groups in total. The maximum atomic E-state index is 7.67. The van der Waals surface area contributed by atoms with Crippen molar-refractivity contribution in [2.45, 2.75) is 6.92 Å². The van der Waals surface area contributed by atoms with Gasteiger partial charge in [0.15, 0.2) is 0 Å². The first-order valence-corrected chi connectivity index (χ1v) is 1.34. The second kappa shape index (κ2) is 3.23. The summed E-state index contributed by atoms with van der Waals surface area (Å²) >= 11 is 0. The summed E-state index contributed by atoms with van der Waals surface area (Å²) < 4.78 is 0. The summed E-state index contributed by atoms with van der Waals surface area (Å²) in [6.45, 7) is 1.75. The van der Waals surface area contributed by atoms with Gasteiger partial charge in [0.05, 0.1) is 6.08 Å². The highest BCUT2D eigenvalue weighted by molar-refractivity contribution is 4.89. The van der Waals surface area contributed by atoms with Crippen molar-refractivity contribution >= 4 is 0 Å². The molecule has 0 spiro atoms. The van der Waals surface area contributed by atoms with Gasteiger partial charge in [-0.25, -0.2) is 0 Å². The fraction of sp³-hybridized carbons (Fsp3) is 0.250. The van der Waals surface area contributed by atoms with E-state index in [2.05, 4.69) is 6.08 Å². The highest BCUT2D eigenvalue weighted by Gasteiger charge is 1.48. The lowest BCUT2D eigenvalue weighted by atomic mass is 10.6. The summed E-state index contributed by atoms with van der Waals surface area (Å²) in [5, 5.41) is 7.67. The maximum absolute atomic E-state index is 7.67. The van der Waals surface area contributed by atoms with Gasteiger partial charge in [0, 0.05) is 0 Å². The van der Waals surface area contributed by atoms with Crippen molar-refractivity contribution in [1.29, 1.82) is 5.26 Å². The van der Waals surface area contributed by atoms with E-state index < -0.39 is 0 Å². The normalized spacial score (nSPS) is 8.00. The molecule has 0 fully saturated rings. The molecule has 0 aromatic heterocycles. The van der Waals surface area contributed by atoms with Crippen LogP contribution in [-0.2, 0) is 0 Å². The zero-order chi connectivity index (χ0) is 4.12. The number of hydrogen-bond acceptors (Lipinski definition) is 1. The van der Waals surface area contributed by atoms with Crippen molar-refractivity contribution in [2.24, 2.45) is 0 Å². The molecule has 0 aromatic carbocycles. The van der Waals surface area contributed by atoms with E-state index in [4.69, 9.17) is 5.26 Å². The van der Waals surface area contributed by atoms with Crippen LogP contribution in [0.3, 0.4) is 0 Å². The largest absolute Gasteiger partial charge is 0.192 e. The van der Waals surface area contributed by atoms with E-state index in [1.807, 2.05) is 0 Å². The lowest BCUT2D eigenvalue weighted by Crippen LogP contribution is -1.37. The summed E-state index contributed by atoms with van der Waals surface area (Å²) in [5.41, 5.74) is 0. The Labute approximate surface area is 31.5 Å². The molecule has 5 heavy (non-hydrogen) atoms. The van der Waals surface area contributed by atoms with Crippen molar-refractivity contribution in [1.82, 2.24) is 0 Å². The van der Waals surface area contributed by atoms with Crippen molar-refractivity contribution in [3.63, 3.8) is 0 Å². The molecule has 0 unspecified atom stereocenters. The third-order valence-electron chi connectivity index (χ3n) is 0.209. The Morgan fingerprint density at radius 3 is 2.40 bits per heavy atom. The first-order chi connectivity index (χ1) is 2.41. The SMILES string of the molecule is C/C=[C]/C#N. The number of rotatable bonds is 0. The highest BCUT2D eigenvalue weighted by Crippen LogP contribution is 1.56. The molecule has 1 radical (unpaired) electrons. The maximum Gasteiger partial charge on any atom is 0.100 e. The Hall–Kier alpha value is -0.770. The minimum Gasteiger partial charge on any atom is -0.192 e. The second-order valence-corrected chi connectivity index (χ2v) is 0.545. The van der Waals surface area contributed by atoms with E-state index in [9.17, 15) is 0 Å². The second-order valence-electron chi connectivity index (χ2n) is 0.545. The molecule has 0 bridgehead atoms. The predicted molar refractivity (Wildman–Crippen MR) is 19.1 cm³/mol. The summed E-state index contributed by atoms with van der Waals surface area (Å²) in [4.78, 5) is 0. The van der Waals surface area contributed by atoms with Gasteiger partial charge in [-0.3, -0.25) is 0 Å². The van der Waals surface area contributed by atoms with Crippen LogP contribution in [0.4, 0.5) is 0 Å². The van der Waals surface area contributed by atoms with Gasteiger partial charge in [0.2, 0.25) is 0 Å². The molecular weight excluding hydrogens is 62.1 g/mol. The van der Waals surface area contributed by atoms with Crippen LogP contribution in [0.5, 0.6) is 0 Å². The van der Waals surface area contributed by atoms with E-state index >= 15 is 0 Å². The molecule has 0 amide bonds. The highest BCUT2D eigenvalue weighted by atomic mass is 14.2. The molecule has 0 saturated heterocycles. The average Bonchev–Trinajstić information content (AvgIpc) is 1.41. The number of nitrogens with zero attached hydrogens (tertiary/aromatic N) is 1. The summed E-state index contributed by atoms with van der Waals surface area (Å²) in [6, 6.07) is 1.71. The molecule has 0 aliphatic heterocycles. The number of nitriles is 1. The standard InChI is InChI=1S/C4H4N/c1-2-3-4-5/h2H,1H3. The van der Waals surface area contributed by atoms with Crippen LogP contribution in [0.2, 0.25) is 0 Å². The van der Waals surface area contributed by atoms with Gasteiger partial charge in [-0.1, -0.05) is 6.08 Å². The molecule has 0 aliphatic rings. The fourth-order valence-electron chi connectivity index (χ4n) is 0.0645. The van der Waals surface area contributed by atoms with Gasteiger partial charge in [0.1, 0.15) is 6.07 Å². The smallest absolute Gasteiger partial charge is 0.100 e. The molecule has 0 rings (SSSR count). The van der Waals surface area contributed by atoms with E-state index in [-0.39, 0.29) is 0 Å². The fourth-order valence-corrected chi connectivity index (χ4v) is 0.0645. The van der Waals surface area contributed by atoms with E-state index in [0.717, 1.165) is 0 Å². The molecule has 1 nitrogen and oxygen atoms in total. The molecular formula is C4H4N. The van der Waals surface area contributed by atoms with Gasteiger partial charge >= 0.3 is 0 Å². The van der Waals surface area contributed by atoms with E-state index in [0.29, 0.717) is 0 Å². The number of hydrogen-bond donors (Lipinski definition) is 0. The van der Waals surface area contributed by atoms with Crippen LogP contribution in [0.25, 0.3) is 0 Å². The van der Waals surface area contributed by atoms with Crippen LogP contribution in [-0.4, -0.2) is 0 Å². The Bertz CT molecular complexity index is 66.2. The Balaban J connectivity index is 3.04. The van der Waals surface area contributed by atoms with Gasteiger partial charge in [-0.15, -0.1) is 0 Å². The van der Waals surface area contributed by atoms with Crippen molar-refractivity contribution in [3.05, 3.63) is 12.2 Å². The molecule has 0 aliphatic carbocycles.